The van der Waals surface area contributed by atoms with Crippen LogP contribution in [0.2, 0.25) is 5.02 Å². The molecule has 2 rings (SSSR count). The number of carbonyl (C=O) groups is 2. The van der Waals surface area contributed by atoms with E-state index in [2.05, 4.69) is 10.6 Å². The molecule has 0 saturated heterocycles. The van der Waals surface area contributed by atoms with Gasteiger partial charge in [-0.25, -0.2) is 0 Å². The highest BCUT2D eigenvalue weighted by Crippen LogP contribution is 2.30. The molecule has 2 aromatic carbocycles. The van der Waals surface area contributed by atoms with Crippen molar-refractivity contribution in [2.75, 3.05) is 6.54 Å². The molecule has 2 N–H and O–H groups in total. The van der Waals surface area contributed by atoms with Gasteiger partial charge in [-0.2, -0.15) is 13.2 Å². The number of benzene rings is 2. The van der Waals surface area contributed by atoms with E-state index in [1.54, 1.807) is 25.1 Å². The molecule has 0 bridgehead atoms. The molecule has 2 amide bonds. The van der Waals surface area contributed by atoms with Crippen molar-refractivity contribution in [3.63, 3.8) is 0 Å². The largest absolute Gasteiger partial charge is 0.416 e. The van der Waals surface area contributed by atoms with Gasteiger partial charge < -0.3 is 10.6 Å². The zero-order valence-electron chi connectivity index (χ0n) is 13.7. The number of hydrogen-bond donors (Lipinski definition) is 2. The van der Waals surface area contributed by atoms with Gasteiger partial charge in [0.15, 0.2) is 0 Å². The first kappa shape index (κ1) is 19.8. The average Bonchev–Trinajstić information content (AvgIpc) is 2.59. The Morgan fingerprint density at radius 1 is 1.12 bits per heavy atom. The second-order valence-electron chi connectivity index (χ2n) is 5.61. The first-order valence-corrected chi connectivity index (χ1v) is 8.05. The van der Waals surface area contributed by atoms with Crippen molar-refractivity contribution in [3.8, 4) is 0 Å². The first-order chi connectivity index (χ1) is 12.2. The third-order valence-electron chi connectivity index (χ3n) is 3.59. The van der Waals surface area contributed by atoms with Gasteiger partial charge in [-0.3, -0.25) is 9.59 Å². The lowest BCUT2D eigenvalue weighted by Gasteiger charge is -2.16. The molecule has 0 radical (unpaired) electrons. The molecule has 0 saturated carbocycles. The van der Waals surface area contributed by atoms with Crippen LogP contribution in [0.25, 0.3) is 0 Å². The molecule has 0 aliphatic heterocycles. The van der Waals surface area contributed by atoms with Crippen molar-refractivity contribution in [2.45, 2.75) is 19.1 Å². The second kappa shape index (κ2) is 8.23. The molecule has 0 spiro atoms. The van der Waals surface area contributed by atoms with Crippen LogP contribution in [0.1, 0.15) is 34.5 Å². The van der Waals surface area contributed by atoms with Crippen LogP contribution in [0.15, 0.2) is 48.5 Å². The van der Waals surface area contributed by atoms with E-state index in [9.17, 15) is 22.8 Å². The molecule has 2 aromatic rings. The van der Waals surface area contributed by atoms with Gasteiger partial charge in [0, 0.05) is 10.6 Å². The van der Waals surface area contributed by atoms with Crippen LogP contribution in [0.3, 0.4) is 0 Å². The summed E-state index contributed by atoms with van der Waals surface area (Å²) in [4.78, 5) is 23.9. The summed E-state index contributed by atoms with van der Waals surface area (Å²) in [7, 11) is 0. The zero-order chi connectivity index (χ0) is 19.3. The van der Waals surface area contributed by atoms with Crippen LogP contribution < -0.4 is 10.6 Å². The standard InChI is InChI=1S/C18H16ClF3N2O2/c1-11(12-4-2-6-14(8-12)18(20,21)22)24-16(25)10-23-17(26)13-5-3-7-15(19)9-13/h2-9,11H,10H2,1H3,(H,23,26)(H,24,25). The Morgan fingerprint density at radius 3 is 2.46 bits per heavy atom. The topological polar surface area (TPSA) is 58.2 Å². The van der Waals surface area contributed by atoms with E-state index in [0.29, 0.717) is 16.1 Å². The van der Waals surface area contributed by atoms with Gasteiger partial charge in [-0.15, -0.1) is 0 Å². The third-order valence-corrected chi connectivity index (χ3v) is 3.82. The maximum atomic E-state index is 12.7. The summed E-state index contributed by atoms with van der Waals surface area (Å²) in [6.07, 6.45) is -4.45. The summed E-state index contributed by atoms with van der Waals surface area (Å²) in [6, 6.07) is 10.3. The molecule has 0 aromatic heterocycles. The van der Waals surface area contributed by atoms with E-state index in [-0.39, 0.29) is 6.54 Å². The molecule has 8 heteroatoms. The maximum absolute atomic E-state index is 12.7. The fourth-order valence-electron chi connectivity index (χ4n) is 2.25. The minimum Gasteiger partial charge on any atom is -0.348 e. The highest BCUT2D eigenvalue weighted by Gasteiger charge is 2.30. The van der Waals surface area contributed by atoms with Crippen molar-refractivity contribution >= 4 is 23.4 Å². The first-order valence-electron chi connectivity index (χ1n) is 7.67. The van der Waals surface area contributed by atoms with Gasteiger partial charge in [0.1, 0.15) is 0 Å². The Bertz CT molecular complexity index is 809. The summed E-state index contributed by atoms with van der Waals surface area (Å²) in [6.45, 7) is 1.25. The minimum absolute atomic E-state index is 0.302. The van der Waals surface area contributed by atoms with Crippen LogP contribution in [0.4, 0.5) is 13.2 Å². The molecule has 1 unspecified atom stereocenters. The van der Waals surface area contributed by atoms with Crippen LogP contribution in [0.5, 0.6) is 0 Å². The number of carbonyl (C=O) groups excluding carboxylic acids is 2. The van der Waals surface area contributed by atoms with Crippen molar-refractivity contribution in [3.05, 3.63) is 70.2 Å². The number of hydrogen-bond acceptors (Lipinski definition) is 2. The van der Waals surface area contributed by atoms with Crippen molar-refractivity contribution in [1.29, 1.82) is 0 Å². The molecule has 4 nitrogen and oxygen atoms in total. The molecule has 0 fully saturated rings. The van der Waals surface area contributed by atoms with E-state index < -0.39 is 29.6 Å². The summed E-state index contributed by atoms with van der Waals surface area (Å²) in [5.41, 5.74) is -0.170. The fourth-order valence-corrected chi connectivity index (χ4v) is 2.44. The van der Waals surface area contributed by atoms with E-state index in [4.69, 9.17) is 11.6 Å². The fraction of sp³-hybridized carbons (Fsp3) is 0.222. The Morgan fingerprint density at radius 2 is 1.81 bits per heavy atom. The number of nitrogens with one attached hydrogen (secondary N) is 2. The van der Waals surface area contributed by atoms with Crippen LogP contribution >= 0.6 is 11.6 Å². The van der Waals surface area contributed by atoms with E-state index >= 15 is 0 Å². The quantitative estimate of drug-likeness (QED) is 0.819. The van der Waals surface area contributed by atoms with Crippen molar-refractivity contribution in [2.24, 2.45) is 0 Å². The number of amides is 2. The lowest BCUT2D eigenvalue weighted by molar-refractivity contribution is -0.137. The molecule has 0 heterocycles. The second-order valence-corrected chi connectivity index (χ2v) is 6.04. The number of halogens is 4. The summed E-state index contributed by atoms with van der Waals surface area (Å²) >= 11 is 5.79. The zero-order valence-corrected chi connectivity index (χ0v) is 14.5. The predicted octanol–water partition coefficient (Wildman–Crippen LogP) is 3.97. The van der Waals surface area contributed by atoms with Gasteiger partial charge in [-0.1, -0.05) is 29.8 Å². The third kappa shape index (κ3) is 5.49. The normalized spacial score (nSPS) is 12.3. The van der Waals surface area contributed by atoms with Crippen molar-refractivity contribution < 1.29 is 22.8 Å². The smallest absolute Gasteiger partial charge is 0.348 e. The summed E-state index contributed by atoms with van der Waals surface area (Å²) in [5.74, 6) is -1.00. The van der Waals surface area contributed by atoms with Gasteiger partial charge in [0.05, 0.1) is 18.2 Å². The molecular formula is C18H16ClF3N2O2. The van der Waals surface area contributed by atoms with Gasteiger partial charge in [-0.05, 0) is 42.8 Å². The van der Waals surface area contributed by atoms with E-state index in [1.807, 2.05) is 0 Å². The van der Waals surface area contributed by atoms with Crippen LogP contribution in [0, 0.1) is 0 Å². The maximum Gasteiger partial charge on any atom is 0.416 e. The lowest BCUT2D eigenvalue weighted by atomic mass is 10.0. The monoisotopic (exact) mass is 384 g/mol. The SMILES string of the molecule is CC(NC(=O)CNC(=O)c1cccc(Cl)c1)c1cccc(C(F)(F)F)c1. The summed E-state index contributed by atoms with van der Waals surface area (Å²) < 4.78 is 38.2. The lowest BCUT2D eigenvalue weighted by Crippen LogP contribution is -2.38. The predicted molar refractivity (Wildman–Crippen MR) is 91.8 cm³/mol. The van der Waals surface area contributed by atoms with Crippen LogP contribution in [-0.2, 0) is 11.0 Å². The number of rotatable bonds is 5. The Balaban J connectivity index is 1.92. The highest BCUT2D eigenvalue weighted by atomic mass is 35.5. The van der Waals surface area contributed by atoms with Gasteiger partial charge >= 0.3 is 6.18 Å². The molecule has 0 aliphatic rings. The Kier molecular flexibility index (Phi) is 6.26. The van der Waals surface area contributed by atoms with E-state index in [0.717, 1.165) is 12.1 Å². The summed E-state index contributed by atoms with van der Waals surface area (Å²) in [5, 5.41) is 5.36. The average molecular weight is 385 g/mol. The Hall–Kier alpha value is -2.54. The minimum atomic E-state index is -4.45. The van der Waals surface area contributed by atoms with E-state index in [1.165, 1.54) is 18.2 Å². The Labute approximate surface area is 153 Å². The molecule has 26 heavy (non-hydrogen) atoms. The molecule has 0 aliphatic carbocycles. The van der Waals surface area contributed by atoms with Gasteiger partial charge in [0.25, 0.3) is 5.91 Å². The molecular weight excluding hydrogens is 369 g/mol. The molecule has 138 valence electrons. The van der Waals surface area contributed by atoms with Crippen LogP contribution in [-0.4, -0.2) is 18.4 Å². The molecule has 1 atom stereocenters. The van der Waals surface area contributed by atoms with Crippen molar-refractivity contribution in [1.82, 2.24) is 10.6 Å². The number of alkyl halides is 3. The van der Waals surface area contributed by atoms with Gasteiger partial charge in [0.2, 0.25) is 5.91 Å². The highest BCUT2D eigenvalue weighted by molar-refractivity contribution is 6.30.